The van der Waals surface area contributed by atoms with Crippen molar-refractivity contribution in [1.82, 2.24) is 0 Å². The van der Waals surface area contributed by atoms with Crippen molar-refractivity contribution in [2.45, 2.75) is 18.1 Å². The molecule has 2 aromatic rings. The van der Waals surface area contributed by atoms with E-state index in [-0.39, 0.29) is 11.8 Å². The van der Waals surface area contributed by atoms with Crippen molar-refractivity contribution in [3.05, 3.63) is 70.3 Å². The Balaban J connectivity index is 1.80. The van der Waals surface area contributed by atoms with Crippen molar-refractivity contribution in [2.75, 3.05) is 12.0 Å². The molecule has 2 heterocycles. The third-order valence-corrected chi connectivity index (χ3v) is 6.60. The molecule has 0 radical (unpaired) electrons. The minimum Gasteiger partial charge on any atom is -0.497 e. The van der Waals surface area contributed by atoms with Gasteiger partial charge in [-0.25, -0.2) is 4.90 Å². The van der Waals surface area contributed by atoms with Crippen LogP contribution in [0.4, 0.5) is 5.69 Å². The number of nitrogens with two attached hydrogens (primary N) is 1. The first kappa shape index (κ1) is 19.1. The van der Waals surface area contributed by atoms with Crippen LogP contribution in [0.2, 0.25) is 0 Å². The molecule has 0 unspecified atom stereocenters. The third kappa shape index (κ3) is 3.06. The second-order valence-corrected chi connectivity index (χ2v) is 8.24. The molecule has 0 saturated carbocycles. The molecule has 0 aromatic heterocycles. The molecule has 7 heteroatoms. The van der Waals surface area contributed by atoms with Crippen molar-refractivity contribution in [3.8, 4) is 11.8 Å². The number of allylic oxidation sites excluding steroid dienone is 1. The predicted molar refractivity (Wildman–Crippen MR) is 111 cm³/mol. The fraction of sp³-hybridized carbons (Fsp3) is 0.227. The highest BCUT2D eigenvalue weighted by Gasteiger charge is 2.56. The SMILES string of the molecule is COc1ccc([C@@H]2C(C#N)=C(N)S[C@@H]3C(=O)N(c4ccc(C)cc4)C(=O)[C@@H]32)cc1. The van der Waals surface area contributed by atoms with E-state index in [4.69, 9.17) is 10.5 Å². The second-order valence-electron chi connectivity index (χ2n) is 7.05. The van der Waals surface area contributed by atoms with E-state index in [2.05, 4.69) is 6.07 Å². The van der Waals surface area contributed by atoms with Gasteiger partial charge in [0.1, 0.15) is 11.0 Å². The number of thioether (sulfide) groups is 1. The summed E-state index contributed by atoms with van der Waals surface area (Å²) in [7, 11) is 1.57. The highest BCUT2D eigenvalue weighted by Crippen LogP contribution is 2.50. The number of imide groups is 1. The zero-order valence-electron chi connectivity index (χ0n) is 16.0. The number of carbonyl (C=O) groups excluding carboxylic acids is 2. The summed E-state index contributed by atoms with van der Waals surface area (Å²) in [5.74, 6) is -1.21. The van der Waals surface area contributed by atoms with Crippen molar-refractivity contribution in [2.24, 2.45) is 11.7 Å². The van der Waals surface area contributed by atoms with Crippen LogP contribution in [0.25, 0.3) is 0 Å². The van der Waals surface area contributed by atoms with Gasteiger partial charge in [-0.2, -0.15) is 5.26 Å². The lowest BCUT2D eigenvalue weighted by molar-refractivity contribution is -0.122. The van der Waals surface area contributed by atoms with Crippen LogP contribution in [0.15, 0.2) is 59.1 Å². The molecular formula is C22H19N3O3S. The Morgan fingerprint density at radius 3 is 2.31 bits per heavy atom. The number of aryl methyl sites for hydroxylation is 1. The Morgan fingerprint density at radius 1 is 1.07 bits per heavy atom. The summed E-state index contributed by atoms with van der Waals surface area (Å²) in [6.07, 6.45) is 0. The zero-order chi connectivity index (χ0) is 20.7. The molecule has 2 N–H and O–H groups in total. The Labute approximate surface area is 172 Å². The largest absolute Gasteiger partial charge is 0.497 e. The van der Waals surface area contributed by atoms with Crippen LogP contribution < -0.4 is 15.4 Å². The van der Waals surface area contributed by atoms with E-state index in [1.807, 2.05) is 31.2 Å². The molecule has 2 aliphatic rings. The van der Waals surface area contributed by atoms with E-state index in [1.54, 1.807) is 31.4 Å². The summed E-state index contributed by atoms with van der Waals surface area (Å²) < 4.78 is 5.21. The van der Waals surface area contributed by atoms with Crippen LogP contribution in [0.5, 0.6) is 5.75 Å². The van der Waals surface area contributed by atoms with E-state index in [0.717, 1.165) is 22.9 Å². The Bertz CT molecular complexity index is 1050. The highest BCUT2D eigenvalue weighted by atomic mass is 32.2. The number of amides is 2. The fourth-order valence-corrected chi connectivity index (χ4v) is 5.10. The molecular weight excluding hydrogens is 386 g/mol. The molecule has 0 spiro atoms. The third-order valence-electron chi connectivity index (χ3n) is 5.37. The van der Waals surface area contributed by atoms with E-state index in [9.17, 15) is 14.9 Å². The Kier molecular flexibility index (Phi) is 4.81. The van der Waals surface area contributed by atoms with Gasteiger partial charge in [0.15, 0.2) is 0 Å². The molecule has 146 valence electrons. The number of rotatable bonds is 3. The first-order chi connectivity index (χ1) is 14.0. The molecule has 29 heavy (non-hydrogen) atoms. The number of nitriles is 1. The topological polar surface area (TPSA) is 96.4 Å². The van der Waals surface area contributed by atoms with Crippen LogP contribution >= 0.6 is 11.8 Å². The smallest absolute Gasteiger partial charge is 0.248 e. The van der Waals surface area contributed by atoms with Crippen LogP contribution in [-0.4, -0.2) is 24.2 Å². The summed E-state index contributed by atoms with van der Waals surface area (Å²) in [6, 6.07) is 16.6. The van der Waals surface area contributed by atoms with Crippen LogP contribution in [-0.2, 0) is 9.59 Å². The number of ether oxygens (including phenoxy) is 1. The van der Waals surface area contributed by atoms with Crippen LogP contribution in [0.1, 0.15) is 17.0 Å². The Morgan fingerprint density at radius 2 is 1.72 bits per heavy atom. The lowest BCUT2D eigenvalue weighted by Gasteiger charge is -2.30. The second kappa shape index (κ2) is 7.30. The predicted octanol–water partition coefficient (Wildman–Crippen LogP) is 3.09. The zero-order valence-corrected chi connectivity index (χ0v) is 16.8. The number of carbonyl (C=O) groups is 2. The van der Waals surface area contributed by atoms with Gasteiger partial charge in [-0.3, -0.25) is 9.59 Å². The highest BCUT2D eigenvalue weighted by molar-refractivity contribution is 8.04. The first-order valence-corrected chi connectivity index (χ1v) is 9.99. The number of anilines is 1. The number of hydrogen-bond donors (Lipinski definition) is 1. The normalized spacial score (nSPS) is 23.8. The van der Waals surface area contributed by atoms with Crippen molar-refractivity contribution in [1.29, 1.82) is 5.26 Å². The van der Waals surface area contributed by atoms with Crippen LogP contribution in [0.3, 0.4) is 0 Å². The number of fused-ring (bicyclic) bond motifs is 1. The lowest BCUT2D eigenvalue weighted by atomic mass is 9.79. The quantitative estimate of drug-likeness (QED) is 0.789. The van der Waals surface area contributed by atoms with Crippen molar-refractivity contribution in [3.63, 3.8) is 0 Å². The van der Waals surface area contributed by atoms with E-state index in [1.165, 1.54) is 4.90 Å². The van der Waals surface area contributed by atoms with Gasteiger partial charge in [0.2, 0.25) is 11.8 Å². The maximum absolute atomic E-state index is 13.4. The van der Waals surface area contributed by atoms with Crippen molar-refractivity contribution >= 4 is 29.3 Å². The Hall–Kier alpha value is -3.24. The molecule has 2 aliphatic heterocycles. The van der Waals surface area contributed by atoms with E-state index >= 15 is 0 Å². The number of methoxy groups -OCH3 is 1. The van der Waals surface area contributed by atoms with E-state index in [0.29, 0.717) is 22.0 Å². The molecule has 4 rings (SSSR count). The maximum Gasteiger partial charge on any atom is 0.248 e. The van der Waals surface area contributed by atoms with Gasteiger partial charge in [-0.1, -0.05) is 41.6 Å². The molecule has 0 bridgehead atoms. The molecule has 1 fully saturated rings. The summed E-state index contributed by atoms with van der Waals surface area (Å²) >= 11 is 1.11. The van der Waals surface area contributed by atoms with Gasteiger partial charge in [0.05, 0.1) is 35.4 Å². The summed E-state index contributed by atoms with van der Waals surface area (Å²) in [4.78, 5) is 27.8. The maximum atomic E-state index is 13.4. The van der Waals surface area contributed by atoms with Gasteiger partial charge in [-0.05, 0) is 36.8 Å². The first-order valence-electron chi connectivity index (χ1n) is 9.11. The van der Waals surface area contributed by atoms with Gasteiger partial charge >= 0.3 is 0 Å². The fourth-order valence-electron chi connectivity index (χ4n) is 3.90. The standard InChI is InChI=1S/C22H19N3O3S/c1-12-3-7-14(8-4-12)25-21(26)18-17(13-5-9-15(28-2)10-6-13)16(11-23)20(24)29-19(18)22(25)27/h3-10,17-19H,24H2,1-2H3/t17-,18-,19+/m1/s1. The average molecular weight is 405 g/mol. The van der Waals surface area contributed by atoms with Gasteiger partial charge in [0, 0.05) is 5.92 Å². The molecule has 0 aliphatic carbocycles. The molecule has 6 nitrogen and oxygen atoms in total. The minimum absolute atomic E-state index is 0.293. The number of benzene rings is 2. The molecule has 2 amide bonds. The summed E-state index contributed by atoms with van der Waals surface area (Å²) in [6.45, 7) is 1.94. The van der Waals surface area contributed by atoms with Crippen molar-refractivity contribution < 1.29 is 14.3 Å². The van der Waals surface area contributed by atoms with Gasteiger partial charge in [-0.15, -0.1) is 0 Å². The van der Waals surface area contributed by atoms with Gasteiger partial charge < -0.3 is 10.5 Å². The summed E-state index contributed by atoms with van der Waals surface area (Å²) in [5.41, 5.74) is 8.81. The van der Waals surface area contributed by atoms with E-state index < -0.39 is 17.1 Å². The minimum atomic E-state index is -0.691. The lowest BCUT2D eigenvalue weighted by Crippen LogP contribution is -2.33. The van der Waals surface area contributed by atoms with Gasteiger partial charge in [0.25, 0.3) is 0 Å². The molecule has 1 saturated heterocycles. The summed E-state index contributed by atoms with van der Waals surface area (Å²) in [5, 5.41) is 9.38. The molecule has 3 atom stereocenters. The monoisotopic (exact) mass is 405 g/mol. The number of hydrogen-bond acceptors (Lipinski definition) is 6. The average Bonchev–Trinajstić information content (AvgIpc) is 2.97. The molecule has 2 aromatic carbocycles. The van der Waals surface area contributed by atoms with Crippen LogP contribution in [0, 0.1) is 24.2 Å². The number of nitrogens with zero attached hydrogens (tertiary/aromatic N) is 2.